The van der Waals surface area contributed by atoms with Crippen molar-refractivity contribution in [3.8, 4) is 0 Å². The number of rotatable bonds is 3. The van der Waals surface area contributed by atoms with Crippen LogP contribution in [0.2, 0.25) is 0 Å². The lowest BCUT2D eigenvalue weighted by molar-refractivity contribution is -0.359. The van der Waals surface area contributed by atoms with E-state index < -0.39 is 48.4 Å². The van der Waals surface area contributed by atoms with Gasteiger partial charge in [-0.1, -0.05) is 30.3 Å². The maximum absolute atomic E-state index is 12.4. The van der Waals surface area contributed by atoms with Gasteiger partial charge in [-0.05, 0) is 20.8 Å². The van der Waals surface area contributed by atoms with Crippen molar-refractivity contribution in [2.24, 2.45) is 5.41 Å². The summed E-state index contributed by atoms with van der Waals surface area (Å²) in [5.74, 6) is -0.427. The molecule has 1 unspecified atom stereocenters. The van der Waals surface area contributed by atoms with E-state index in [9.17, 15) is 9.90 Å². The molecule has 144 valence electrons. The second-order valence-corrected chi connectivity index (χ2v) is 7.57. The molecule has 0 spiro atoms. The molecule has 7 nitrogen and oxygen atoms in total. The summed E-state index contributed by atoms with van der Waals surface area (Å²) in [5.41, 5.74) is 0.135. The van der Waals surface area contributed by atoms with Gasteiger partial charge in [-0.15, -0.1) is 0 Å². The summed E-state index contributed by atoms with van der Waals surface area (Å²) < 4.78 is 28.3. The Morgan fingerprint density at radius 1 is 1.19 bits per heavy atom. The van der Waals surface area contributed by atoms with Crippen LogP contribution in [0.1, 0.15) is 32.6 Å². The van der Waals surface area contributed by atoms with Crippen molar-refractivity contribution >= 4 is 5.97 Å². The van der Waals surface area contributed by atoms with E-state index in [1.165, 1.54) is 7.11 Å². The first-order valence-corrected chi connectivity index (χ1v) is 8.70. The zero-order valence-electron chi connectivity index (χ0n) is 15.5. The Bertz CT molecular complexity index is 612. The quantitative estimate of drug-likeness (QED) is 0.817. The highest BCUT2D eigenvalue weighted by Crippen LogP contribution is 2.36. The minimum Gasteiger partial charge on any atom is -0.456 e. The molecule has 0 radical (unpaired) electrons. The molecule has 0 bridgehead atoms. The van der Waals surface area contributed by atoms with E-state index in [0.29, 0.717) is 0 Å². The molecule has 1 N–H and O–H groups in total. The van der Waals surface area contributed by atoms with Gasteiger partial charge in [0.25, 0.3) is 0 Å². The fourth-order valence-corrected chi connectivity index (χ4v) is 2.97. The van der Waals surface area contributed by atoms with Gasteiger partial charge < -0.3 is 28.8 Å². The molecule has 0 saturated carbocycles. The number of methoxy groups -OCH3 is 1. The van der Waals surface area contributed by atoms with Crippen molar-refractivity contribution in [1.29, 1.82) is 0 Å². The number of carbonyl (C=O) groups is 1. The normalized spacial score (nSPS) is 34.8. The minimum atomic E-state index is -1.16. The fraction of sp³-hybridized carbons (Fsp3) is 0.632. The van der Waals surface area contributed by atoms with Crippen molar-refractivity contribution in [3.05, 3.63) is 35.9 Å². The molecule has 0 aliphatic carbocycles. The summed E-state index contributed by atoms with van der Waals surface area (Å²) in [6.07, 6.45) is -4.80. The fourth-order valence-electron chi connectivity index (χ4n) is 2.97. The van der Waals surface area contributed by atoms with Gasteiger partial charge in [0, 0.05) is 12.7 Å². The first kappa shape index (κ1) is 19.3. The molecule has 2 heterocycles. The van der Waals surface area contributed by atoms with E-state index in [0.717, 1.165) is 5.56 Å². The van der Waals surface area contributed by atoms with Gasteiger partial charge in [0.1, 0.15) is 18.3 Å². The van der Waals surface area contributed by atoms with E-state index >= 15 is 0 Å². The van der Waals surface area contributed by atoms with Crippen LogP contribution in [0.5, 0.6) is 0 Å². The Balaban J connectivity index is 1.82. The van der Waals surface area contributed by atoms with Gasteiger partial charge in [-0.25, -0.2) is 0 Å². The van der Waals surface area contributed by atoms with Crippen molar-refractivity contribution in [2.45, 2.75) is 57.8 Å². The zero-order chi connectivity index (χ0) is 18.9. The topological polar surface area (TPSA) is 83.5 Å². The Morgan fingerprint density at radius 2 is 1.88 bits per heavy atom. The van der Waals surface area contributed by atoms with Crippen LogP contribution in [0.4, 0.5) is 0 Å². The number of carbonyl (C=O) groups excluding carboxylic acids is 1. The summed E-state index contributed by atoms with van der Waals surface area (Å²) in [7, 11) is 1.42. The van der Waals surface area contributed by atoms with Gasteiger partial charge in [-0.2, -0.15) is 0 Å². The number of benzene rings is 1. The van der Waals surface area contributed by atoms with Crippen molar-refractivity contribution < 1.29 is 33.6 Å². The van der Waals surface area contributed by atoms with E-state index in [-0.39, 0.29) is 6.61 Å². The molecule has 7 heteroatoms. The van der Waals surface area contributed by atoms with Crippen molar-refractivity contribution in [1.82, 2.24) is 0 Å². The maximum Gasteiger partial charge on any atom is 0.311 e. The Hall–Kier alpha value is -1.51. The van der Waals surface area contributed by atoms with Crippen LogP contribution < -0.4 is 0 Å². The van der Waals surface area contributed by atoms with Crippen molar-refractivity contribution in [2.75, 3.05) is 13.7 Å². The first-order valence-electron chi connectivity index (χ1n) is 8.70. The van der Waals surface area contributed by atoms with E-state index in [1.54, 1.807) is 20.8 Å². The lowest BCUT2D eigenvalue weighted by Gasteiger charge is -2.47. The third-order valence-corrected chi connectivity index (χ3v) is 4.47. The SMILES string of the molecule is CO[C@H]1O[C@@H]2COC(c3ccccc3)O[C@H]2[C@H](OC(=O)C(C)(C)C)[C@@H]1O. The summed E-state index contributed by atoms with van der Waals surface area (Å²) in [6.45, 7) is 5.50. The van der Waals surface area contributed by atoms with Crippen molar-refractivity contribution in [3.63, 3.8) is 0 Å². The third-order valence-electron chi connectivity index (χ3n) is 4.47. The molecule has 3 rings (SSSR count). The largest absolute Gasteiger partial charge is 0.456 e. The number of ether oxygens (including phenoxy) is 5. The van der Waals surface area contributed by atoms with Crippen LogP contribution in [0.25, 0.3) is 0 Å². The van der Waals surface area contributed by atoms with E-state index in [1.807, 2.05) is 30.3 Å². The standard InChI is InChI=1S/C19H26O7/c1-19(2,3)18(21)26-15-13(20)17(22-4)24-12-10-23-16(25-14(12)15)11-8-6-5-7-9-11/h5-9,12-17,20H,10H2,1-4H3/t12-,13+,14-,15-,16?,17+/m1/s1. The van der Waals surface area contributed by atoms with E-state index in [4.69, 9.17) is 23.7 Å². The molecule has 6 atom stereocenters. The van der Waals surface area contributed by atoms with Gasteiger partial charge in [0.15, 0.2) is 18.7 Å². The Labute approximate surface area is 153 Å². The molecule has 2 fully saturated rings. The van der Waals surface area contributed by atoms with Crippen LogP contribution in [0.15, 0.2) is 30.3 Å². The molecule has 26 heavy (non-hydrogen) atoms. The van der Waals surface area contributed by atoms with Crippen LogP contribution in [0, 0.1) is 5.41 Å². The number of aliphatic hydroxyl groups is 1. The highest BCUT2D eigenvalue weighted by molar-refractivity contribution is 5.75. The maximum atomic E-state index is 12.4. The van der Waals surface area contributed by atoms with Crippen LogP contribution in [-0.4, -0.2) is 55.5 Å². The predicted octanol–water partition coefficient (Wildman–Crippen LogP) is 1.79. The Morgan fingerprint density at radius 3 is 2.50 bits per heavy atom. The number of fused-ring (bicyclic) bond motifs is 1. The minimum absolute atomic E-state index is 0.236. The molecule has 1 aromatic carbocycles. The summed E-state index contributed by atoms with van der Waals surface area (Å²) in [4.78, 5) is 12.4. The molecule has 0 amide bonds. The third kappa shape index (κ3) is 3.92. The molecule has 2 aliphatic heterocycles. The number of esters is 1. The van der Waals surface area contributed by atoms with Crippen LogP contribution in [-0.2, 0) is 28.5 Å². The predicted molar refractivity (Wildman–Crippen MR) is 91.0 cm³/mol. The zero-order valence-corrected chi connectivity index (χ0v) is 15.5. The smallest absolute Gasteiger partial charge is 0.311 e. The van der Waals surface area contributed by atoms with Crippen LogP contribution >= 0.6 is 0 Å². The number of aliphatic hydroxyl groups excluding tert-OH is 1. The monoisotopic (exact) mass is 366 g/mol. The molecular weight excluding hydrogens is 340 g/mol. The lowest BCUT2D eigenvalue weighted by atomic mass is 9.94. The second-order valence-electron chi connectivity index (χ2n) is 7.57. The van der Waals surface area contributed by atoms with Gasteiger partial charge >= 0.3 is 5.97 Å². The van der Waals surface area contributed by atoms with E-state index in [2.05, 4.69) is 0 Å². The van der Waals surface area contributed by atoms with Gasteiger partial charge in [0.05, 0.1) is 12.0 Å². The number of hydrogen-bond acceptors (Lipinski definition) is 7. The molecule has 1 aromatic rings. The van der Waals surface area contributed by atoms with Gasteiger partial charge in [-0.3, -0.25) is 4.79 Å². The molecular formula is C19H26O7. The van der Waals surface area contributed by atoms with Gasteiger partial charge in [0.2, 0.25) is 0 Å². The first-order chi connectivity index (χ1) is 12.3. The highest BCUT2D eigenvalue weighted by atomic mass is 16.8. The van der Waals surface area contributed by atoms with Crippen LogP contribution in [0.3, 0.4) is 0 Å². The molecule has 2 saturated heterocycles. The Kier molecular flexibility index (Phi) is 5.64. The number of hydrogen-bond donors (Lipinski definition) is 1. The average molecular weight is 366 g/mol. The summed E-state index contributed by atoms with van der Waals surface area (Å²) in [5, 5.41) is 10.6. The highest BCUT2D eigenvalue weighted by Gasteiger charge is 2.52. The lowest BCUT2D eigenvalue weighted by Crippen LogP contribution is -2.63. The second kappa shape index (κ2) is 7.62. The summed E-state index contributed by atoms with van der Waals surface area (Å²) in [6, 6.07) is 9.45. The summed E-state index contributed by atoms with van der Waals surface area (Å²) >= 11 is 0. The molecule has 0 aromatic heterocycles. The average Bonchev–Trinajstić information content (AvgIpc) is 2.63. The molecule has 2 aliphatic rings.